The summed E-state index contributed by atoms with van der Waals surface area (Å²) in [4.78, 5) is 12.1. The number of rotatable bonds is 10. The molecule has 0 aromatic heterocycles. The average molecular weight is 508 g/mol. The smallest absolute Gasteiger partial charge is 0.271 e. The van der Waals surface area contributed by atoms with Crippen molar-refractivity contribution in [2.75, 3.05) is 20.3 Å². The fourth-order valence-electron chi connectivity index (χ4n) is 2.79. The lowest BCUT2D eigenvalue weighted by Crippen LogP contribution is -2.17. The molecule has 0 spiro atoms. The number of para-hydroxylation sites is 1. The van der Waals surface area contributed by atoms with E-state index in [1.165, 1.54) is 13.3 Å². The lowest BCUT2D eigenvalue weighted by atomic mass is 10.2. The number of halogens is 3. The second kappa shape index (κ2) is 12.3. The Labute approximate surface area is 207 Å². The van der Waals surface area contributed by atoms with Gasteiger partial charge in [-0.2, -0.15) is 5.10 Å². The van der Waals surface area contributed by atoms with Crippen LogP contribution in [0.4, 0.5) is 0 Å². The summed E-state index contributed by atoms with van der Waals surface area (Å²) in [5.74, 6) is 1.10. The van der Waals surface area contributed by atoms with E-state index in [2.05, 4.69) is 10.5 Å². The van der Waals surface area contributed by atoms with Crippen molar-refractivity contribution in [1.29, 1.82) is 0 Å². The minimum atomic E-state index is -0.384. The highest BCUT2D eigenvalue weighted by Gasteiger charge is 2.12. The van der Waals surface area contributed by atoms with E-state index in [9.17, 15) is 4.79 Å². The highest BCUT2D eigenvalue weighted by Crippen LogP contribution is 2.36. The number of benzene rings is 3. The molecule has 1 amide bonds. The van der Waals surface area contributed by atoms with Crippen LogP contribution in [0.15, 0.2) is 65.8 Å². The Morgan fingerprint density at radius 1 is 0.939 bits per heavy atom. The molecule has 9 heteroatoms. The molecule has 0 bridgehead atoms. The van der Waals surface area contributed by atoms with E-state index in [1.807, 2.05) is 12.1 Å². The zero-order valence-electron chi connectivity index (χ0n) is 17.7. The first-order valence-corrected chi connectivity index (χ1v) is 11.1. The molecule has 0 radical (unpaired) electrons. The van der Waals surface area contributed by atoms with Gasteiger partial charge in [-0.1, -0.05) is 53.0 Å². The number of hydrogen-bond donors (Lipinski definition) is 1. The van der Waals surface area contributed by atoms with E-state index < -0.39 is 0 Å². The number of nitrogens with one attached hydrogen (secondary N) is 1. The Bertz CT molecular complexity index is 1140. The Morgan fingerprint density at radius 2 is 1.73 bits per heavy atom. The predicted octanol–water partition coefficient (Wildman–Crippen LogP) is 6.27. The second-order valence-corrected chi connectivity index (χ2v) is 7.98. The molecular weight excluding hydrogens is 487 g/mol. The third kappa shape index (κ3) is 7.29. The number of carbonyl (C=O) groups is 1. The molecule has 3 aromatic carbocycles. The van der Waals surface area contributed by atoms with Crippen molar-refractivity contribution in [2.45, 2.75) is 6.42 Å². The van der Waals surface area contributed by atoms with E-state index in [1.54, 1.807) is 48.5 Å². The number of ether oxygens (including phenoxy) is 3. The van der Waals surface area contributed by atoms with Crippen molar-refractivity contribution < 1.29 is 19.0 Å². The highest BCUT2D eigenvalue weighted by molar-refractivity contribution is 6.32. The third-order valence-corrected chi connectivity index (χ3v) is 5.18. The standard InChI is InChI=1S/C24H21Cl3N2O4/c1-31-22-13-16(15-28-29-24(30)17-6-4-7-18(25)14-17)12-20(27)23(22)33-11-5-10-32-21-9-3-2-8-19(21)26/h2-4,6-9,12-15H,5,10-11H2,1H3,(H,29,30)/b28-15-. The third-order valence-electron chi connectivity index (χ3n) is 4.35. The molecule has 0 aliphatic carbocycles. The topological polar surface area (TPSA) is 69.2 Å². The van der Waals surface area contributed by atoms with Crippen molar-refractivity contribution in [2.24, 2.45) is 5.10 Å². The maximum absolute atomic E-state index is 12.1. The van der Waals surface area contributed by atoms with Gasteiger partial charge >= 0.3 is 0 Å². The Kier molecular flexibility index (Phi) is 9.24. The molecule has 6 nitrogen and oxygen atoms in total. The van der Waals surface area contributed by atoms with E-state index >= 15 is 0 Å². The van der Waals surface area contributed by atoms with Crippen LogP contribution in [0.1, 0.15) is 22.3 Å². The first-order chi connectivity index (χ1) is 16.0. The first-order valence-electron chi connectivity index (χ1n) is 9.94. The normalized spacial score (nSPS) is 10.8. The summed E-state index contributed by atoms with van der Waals surface area (Å²) in [5, 5.41) is 5.34. The number of amides is 1. The summed E-state index contributed by atoms with van der Waals surface area (Å²) in [6, 6.07) is 17.2. The molecule has 0 saturated carbocycles. The number of methoxy groups -OCH3 is 1. The van der Waals surface area contributed by atoms with Crippen LogP contribution >= 0.6 is 34.8 Å². The van der Waals surface area contributed by atoms with E-state index in [4.69, 9.17) is 49.0 Å². The molecule has 0 heterocycles. The molecule has 33 heavy (non-hydrogen) atoms. The summed E-state index contributed by atoms with van der Waals surface area (Å²) in [7, 11) is 1.51. The van der Waals surface area contributed by atoms with Gasteiger partial charge in [0.1, 0.15) is 5.75 Å². The van der Waals surface area contributed by atoms with Crippen LogP contribution in [-0.2, 0) is 0 Å². The number of carbonyl (C=O) groups excluding carboxylic acids is 1. The number of hydrazone groups is 1. The van der Waals surface area contributed by atoms with Crippen molar-refractivity contribution >= 4 is 46.9 Å². The van der Waals surface area contributed by atoms with Crippen LogP contribution in [0.3, 0.4) is 0 Å². The van der Waals surface area contributed by atoms with Gasteiger partial charge in [0.05, 0.1) is 36.6 Å². The van der Waals surface area contributed by atoms with Crippen molar-refractivity contribution in [1.82, 2.24) is 5.43 Å². The quantitative estimate of drug-likeness (QED) is 0.200. The fraction of sp³-hybridized carbons (Fsp3) is 0.167. The van der Waals surface area contributed by atoms with E-state index in [0.717, 1.165) is 0 Å². The maximum atomic E-state index is 12.1. The highest BCUT2D eigenvalue weighted by atomic mass is 35.5. The Morgan fingerprint density at radius 3 is 2.48 bits per heavy atom. The molecule has 0 fully saturated rings. The zero-order chi connectivity index (χ0) is 23.6. The molecule has 0 atom stereocenters. The minimum Gasteiger partial charge on any atom is -0.493 e. The van der Waals surface area contributed by atoms with Gasteiger partial charge in [0.15, 0.2) is 11.5 Å². The van der Waals surface area contributed by atoms with Crippen LogP contribution in [0.25, 0.3) is 0 Å². The summed E-state index contributed by atoms with van der Waals surface area (Å²) in [6.45, 7) is 0.796. The second-order valence-electron chi connectivity index (χ2n) is 6.72. The van der Waals surface area contributed by atoms with Crippen molar-refractivity contribution in [3.63, 3.8) is 0 Å². The summed E-state index contributed by atoms with van der Waals surface area (Å²) in [6.07, 6.45) is 2.07. The van der Waals surface area contributed by atoms with Gasteiger partial charge in [0.2, 0.25) is 0 Å². The lowest BCUT2D eigenvalue weighted by Gasteiger charge is -2.13. The van der Waals surface area contributed by atoms with Crippen molar-refractivity contribution in [3.05, 3.63) is 86.9 Å². The summed E-state index contributed by atoms with van der Waals surface area (Å²) >= 11 is 18.4. The van der Waals surface area contributed by atoms with Gasteiger partial charge in [-0.05, 0) is 48.0 Å². The summed E-state index contributed by atoms with van der Waals surface area (Å²) in [5.41, 5.74) is 3.47. The lowest BCUT2D eigenvalue weighted by molar-refractivity contribution is 0.0955. The minimum absolute atomic E-state index is 0.351. The van der Waals surface area contributed by atoms with E-state index in [-0.39, 0.29) is 5.91 Å². The zero-order valence-corrected chi connectivity index (χ0v) is 20.0. The van der Waals surface area contributed by atoms with Crippen molar-refractivity contribution in [3.8, 4) is 17.2 Å². The Hall–Kier alpha value is -2.93. The Balaban J connectivity index is 1.54. The van der Waals surface area contributed by atoms with Gasteiger partial charge in [0.25, 0.3) is 5.91 Å². The summed E-state index contributed by atoms with van der Waals surface area (Å²) < 4.78 is 16.8. The first kappa shape index (κ1) is 24.7. The number of nitrogens with zero attached hydrogens (tertiary/aromatic N) is 1. The molecule has 1 N–H and O–H groups in total. The van der Waals surface area contributed by atoms with Crippen LogP contribution < -0.4 is 19.6 Å². The molecule has 0 unspecified atom stereocenters. The van der Waals surface area contributed by atoms with E-state index in [0.29, 0.717) is 63.1 Å². The molecule has 0 aliphatic rings. The molecule has 0 saturated heterocycles. The van der Waals surface area contributed by atoms with Gasteiger partial charge in [-0.25, -0.2) is 5.43 Å². The van der Waals surface area contributed by atoms with Gasteiger partial charge < -0.3 is 14.2 Å². The van der Waals surface area contributed by atoms with Crippen LogP contribution in [0, 0.1) is 0 Å². The molecule has 172 valence electrons. The van der Waals surface area contributed by atoms with Crippen LogP contribution in [0.2, 0.25) is 15.1 Å². The SMILES string of the molecule is COc1cc(/C=N\NC(=O)c2cccc(Cl)c2)cc(Cl)c1OCCCOc1ccccc1Cl. The van der Waals surface area contributed by atoms with Crippen LogP contribution in [-0.4, -0.2) is 32.4 Å². The maximum Gasteiger partial charge on any atom is 0.271 e. The average Bonchev–Trinajstić information content (AvgIpc) is 2.80. The predicted molar refractivity (Wildman–Crippen MR) is 132 cm³/mol. The molecule has 0 aliphatic heterocycles. The fourth-order valence-corrected chi connectivity index (χ4v) is 3.45. The monoisotopic (exact) mass is 506 g/mol. The van der Waals surface area contributed by atoms with Crippen LogP contribution in [0.5, 0.6) is 17.2 Å². The molecule has 3 aromatic rings. The molecular formula is C24H21Cl3N2O4. The largest absolute Gasteiger partial charge is 0.493 e. The van der Waals surface area contributed by atoms with Gasteiger partial charge in [-0.3, -0.25) is 4.79 Å². The van der Waals surface area contributed by atoms with Gasteiger partial charge in [0, 0.05) is 17.0 Å². The molecule has 3 rings (SSSR count). The van der Waals surface area contributed by atoms with Gasteiger partial charge in [-0.15, -0.1) is 0 Å². The number of hydrogen-bond acceptors (Lipinski definition) is 5.